The summed E-state index contributed by atoms with van der Waals surface area (Å²) < 4.78 is 1.23. The number of thiazole rings is 1. The molecule has 0 aromatic carbocycles. The highest BCUT2D eigenvalue weighted by molar-refractivity contribution is 9.11. The van der Waals surface area contributed by atoms with Gasteiger partial charge in [-0.15, -0.1) is 22.7 Å². The minimum atomic E-state index is 1.17. The van der Waals surface area contributed by atoms with Crippen LogP contribution in [0.5, 0.6) is 0 Å². The SMILES string of the molecule is CCCCCCCCCCCCc1cc(Br)sc1-c1nccs1. The molecule has 1 nitrogen and oxygen atoms in total. The summed E-state index contributed by atoms with van der Waals surface area (Å²) in [4.78, 5) is 5.83. The first-order valence-corrected chi connectivity index (χ1v) is 11.5. The molecule has 23 heavy (non-hydrogen) atoms. The molecule has 0 fully saturated rings. The highest BCUT2D eigenvalue weighted by atomic mass is 79.9. The van der Waals surface area contributed by atoms with E-state index in [0.29, 0.717) is 0 Å². The first-order valence-electron chi connectivity index (χ1n) is 8.99. The van der Waals surface area contributed by atoms with Gasteiger partial charge in [-0.3, -0.25) is 0 Å². The first-order chi connectivity index (χ1) is 11.3. The van der Waals surface area contributed by atoms with E-state index in [4.69, 9.17) is 0 Å². The van der Waals surface area contributed by atoms with Crippen molar-refractivity contribution in [2.24, 2.45) is 0 Å². The molecule has 0 saturated carbocycles. The Hall–Kier alpha value is -0.190. The van der Waals surface area contributed by atoms with E-state index in [2.05, 4.69) is 39.3 Å². The normalized spacial score (nSPS) is 11.2. The molecule has 0 bridgehead atoms. The third-order valence-electron chi connectivity index (χ3n) is 4.21. The second kappa shape index (κ2) is 11.4. The van der Waals surface area contributed by atoms with Gasteiger partial charge in [-0.1, -0.05) is 64.7 Å². The molecule has 2 heterocycles. The highest BCUT2D eigenvalue weighted by Gasteiger charge is 2.11. The molecule has 0 radical (unpaired) electrons. The van der Waals surface area contributed by atoms with Crippen molar-refractivity contribution in [3.63, 3.8) is 0 Å². The maximum Gasteiger partial charge on any atom is 0.133 e. The van der Waals surface area contributed by atoms with Crippen LogP contribution in [0.1, 0.15) is 76.7 Å². The molecule has 4 heteroatoms. The fourth-order valence-corrected chi connectivity index (χ4v) is 5.37. The van der Waals surface area contributed by atoms with Gasteiger partial charge in [0.25, 0.3) is 0 Å². The number of hydrogen-bond donors (Lipinski definition) is 0. The quantitative estimate of drug-likeness (QED) is 0.320. The molecule has 0 amide bonds. The van der Waals surface area contributed by atoms with Gasteiger partial charge in [0.15, 0.2) is 0 Å². The van der Waals surface area contributed by atoms with Gasteiger partial charge in [-0.25, -0.2) is 4.98 Å². The zero-order chi connectivity index (χ0) is 16.3. The molecule has 0 N–H and O–H groups in total. The van der Waals surface area contributed by atoms with Crippen molar-refractivity contribution < 1.29 is 0 Å². The third kappa shape index (κ3) is 7.06. The summed E-state index contributed by atoms with van der Waals surface area (Å²) in [7, 11) is 0. The molecule has 0 unspecified atom stereocenters. The molecule has 2 aromatic rings. The summed E-state index contributed by atoms with van der Waals surface area (Å²) in [6.45, 7) is 2.28. The van der Waals surface area contributed by atoms with Crippen LogP contribution in [0.15, 0.2) is 21.4 Å². The molecule has 0 aliphatic carbocycles. The maximum atomic E-state index is 4.47. The molecule has 0 spiro atoms. The second-order valence-electron chi connectivity index (χ2n) is 6.17. The van der Waals surface area contributed by atoms with Crippen LogP contribution in [0.4, 0.5) is 0 Å². The largest absolute Gasteiger partial charge is 0.244 e. The third-order valence-corrected chi connectivity index (χ3v) is 6.81. The average molecular weight is 414 g/mol. The van der Waals surface area contributed by atoms with Crippen molar-refractivity contribution in [1.82, 2.24) is 4.98 Å². The fourth-order valence-electron chi connectivity index (χ4n) is 2.90. The predicted octanol–water partition coefficient (Wildman–Crippen LogP) is 8.10. The van der Waals surface area contributed by atoms with Gasteiger partial charge in [-0.2, -0.15) is 0 Å². The van der Waals surface area contributed by atoms with Crippen LogP contribution in [0.25, 0.3) is 9.88 Å². The summed E-state index contributed by atoms with van der Waals surface area (Å²) in [6, 6.07) is 2.29. The first kappa shape index (κ1) is 19.1. The Morgan fingerprint density at radius 2 is 1.61 bits per heavy atom. The summed E-state index contributed by atoms with van der Waals surface area (Å²) in [5.74, 6) is 0. The van der Waals surface area contributed by atoms with Crippen LogP contribution in [-0.2, 0) is 6.42 Å². The van der Waals surface area contributed by atoms with Crippen LogP contribution in [0.3, 0.4) is 0 Å². The summed E-state index contributed by atoms with van der Waals surface area (Å²) in [5, 5.41) is 3.23. The Balaban J connectivity index is 1.60. The van der Waals surface area contributed by atoms with Crippen LogP contribution >= 0.6 is 38.6 Å². The number of nitrogens with zero attached hydrogens (tertiary/aromatic N) is 1. The Bertz CT molecular complexity index is 534. The number of unbranched alkanes of at least 4 members (excludes halogenated alkanes) is 9. The van der Waals surface area contributed by atoms with Crippen LogP contribution in [0, 0.1) is 0 Å². The smallest absolute Gasteiger partial charge is 0.133 e. The minimum Gasteiger partial charge on any atom is -0.244 e. The van der Waals surface area contributed by atoms with E-state index >= 15 is 0 Å². The molecular weight excluding hydrogens is 386 g/mol. The highest BCUT2D eigenvalue weighted by Crippen LogP contribution is 2.37. The average Bonchev–Trinajstić information content (AvgIpc) is 3.18. The van der Waals surface area contributed by atoms with E-state index in [-0.39, 0.29) is 0 Å². The number of aromatic nitrogens is 1. The number of thiophene rings is 1. The number of halogens is 1. The number of rotatable bonds is 12. The standard InChI is InChI=1S/C19H28BrNS2/c1-2-3-4-5-6-7-8-9-10-11-12-16-15-17(20)23-18(16)19-21-13-14-22-19/h13-15H,2-12H2,1H3. The Morgan fingerprint density at radius 1 is 0.957 bits per heavy atom. The van der Waals surface area contributed by atoms with Crippen molar-refractivity contribution >= 4 is 38.6 Å². The van der Waals surface area contributed by atoms with Crippen LogP contribution in [0.2, 0.25) is 0 Å². The lowest BCUT2D eigenvalue weighted by molar-refractivity contribution is 0.556. The van der Waals surface area contributed by atoms with Gasteiger partial charge in [0.2, 0.25) is 0 Å². The van der Waals surface area contributed by atoms with E-state index in [1.54, 1.807) is 11.3 Å². The molecule has 128 valence electrons. The van der Waals surface area contributed by atoms with Crippen molar-refractivity contribution in [2.75, 3.05) is 0 Å². The molecular formula is C19H28BrNS2. The number of aryl methyl sites for hydroxylation is 1. The van der Waals surface area contributed by atoms with Gasteiger partial charge in [0.05, 0.1) is 8.66 Å². The lowest BCUT2D eigenvalue weighted by Gasteiger charge is -2.03. The van der Waals surface area contributed by atoms with E-state index in [1.807, 2.05) is 17.5 Å². The van der Waals surface area contributed by atoms with Crippen LogP contribution in [-0.4, -0.2) is 4.98 Å². The van der Waals surface area contributed by atoms with E-state index in [0.717, 1.165) is 0 Å². The van der Waals surface area contributed by atoms with Crippen LogP contribution < -0.4 is 0 Å². The molecule has 0 aliphatic rings. The summed E-state index contributed by atoms with van der Waals surface area (Å²) in [5.41, 5.74) is 1.47. The summed E-state index contributed by atoms with van der Waals surface area (Å²) >= 11 is 7.19. The Morgan fingerprint density at radius 3 is 2.22 bits per heavy atom. The van der Waals surface area contributed by atoms with Gasteiger partial charge in [-0.05, 0) is 40.4 Å². The van der Waals surface area contributed by atoms with Crippen molar-refractivity contribution in [1.29, 1.82) is 0 Å². The van der Waals surface area contributed by atoms with Crippen molar-refractivity contribution in [3.05, 3.63) is 27.0 Å². The van der Waals surface area contributed by atoms with Crippen molar-refractivity contribution in [2.45, 2.75) is 77.6 Å². The molecule has 0 aliphatic heterocycles. The van der Waals surface area contributed by atoms with E-state index < -0.39 is 0 Å². The Labute approximate surface area is 157 Å². The zero-order valence-electron chi connectivity index (χ0n) is 14.2. The van der Waals surface area contributed by atoms with Gasteiger partial charge < -0.3 is 0 Å². The Kier molecular flexibility index (Phi) is 9.47. The predicted molar refractivity (Wildman–Crippen MR) is 109 cm³/mol. The maximum absolute atomic E-state index is 4.47. The lowest BCUT2D eigenvalue weighted by atomic mass is 10.0. The van der Waals surface area contributed by atoms with E-state index in [9.17, 15) is 0 Å². The fraction of sp³-hybridized carbons (Fsp3) is 0.632. The lowest BCUT2D eigenvalue weighted by Crippen LogP contribution is -1.87. The molecule has 2 rings (SSSR count). The molecule has 0 atom stereocenters. The zero-order valence-corrected chi connectivity index (χ0v) is 17.4. The molecule has 2 aromatic heterocycles. The monoisotopic (exact) mass is 413 g/mol. The second-order valence-corrected chi connectivity index (χ2v) is 9.50. The van der Waals surface area contributed by atoms with Gasteiger partial charge >= 0.3 is 0 Å². The van der Waals surface area contributed by atoms with Gasteiger partial charge in [0.1, 0.15) is 5.01 Å². The number of hydrogen-bond acceptors (Lipinski definition) is 3. The molecule has 0 saturated heterocycles. The summed E-state index contributed by atoms with van der Waals surface area (Å²) in [6.07, 6.45) is 17.1. The minimum absolute atomic E-state index is 1.17. The van der Waals surface area contributed by atoms with Crippen molar-refractivity contribution in [3.8, 4) is 9.88 Å². The topological polar surface area (TPSA) is 12.9 Å². The van der Waals surface area contributed by atoms with Gasteiger partial charge in [0, 0.05) is 11.6 Å². The van der Waals surface area contributed by atoms with E-state index in [1.165, 1.54) is 89.9 Å².